The Kier molecular flexibility index (Phi) is 8.70. The highest BCUT2D eigenvalue weighted by Crippen LogP contribution is 2.31. The average Bonchev–Trinajstić information content (AvgIpc) is 3.44. The lowest BCUT2D eigenvalue weighted by Gasteiger charge is -2.36. The summed E-state index contributed by atoms with van der Waals surface area (Å²) in [6.45, 7) is 4.27. The Morgan fingerprint density at radius 3 is 2.27 bits per heavy atom. The van der Waals surface area contributed by atoms with Crippen LogP contribution in [0.1, 0.15) is 40.7 Å². The maximum absolute atomic E-state index is 13.5. The monoisotopic (exact) mass is 541 g/mol. The zero-order valence-electron chi connectivity index (χ0n) is 23.7. The number of nitrogens with zero attached hydrogens (tertiary/aromatic N) is 1. The molecule has 7 heteroatoms. The predicted octanol–water partition coefficient (Wildman–Crippen LogP) is 4.89. The minimum Gasteiger partial charge on any atom is -0.493 e. The Hall–Kier alpha value is -3.84. The summed E-state index contributed by atoms with van der Waals surface area (Å²) in [4.78, 5) is 29.1. The Balaban J connectivity index is 1.30. The fourth-order valence-electron chi connectivity index (χ4n) is 5.87. The summed E-state index contributed by atoms with van der Waals surface area (Å²) in [6, 6.07) is 20.2. The van der Waals surface area contributed by atoms with Gasteiger partial charge in [-0.2, -0.15) is 0 Å². The van der Waals surface area contributed by atoms with E-state index in [1.807, 2.05) is 55.5 Å². The minimum absolute atomic E-state index is 0.0204. The molecule has 1 fully saturated rings. The second-order valence-electron chi connectivity index (χ2n) is 11.0. The van der Waals surface area contributed by atoms with E-state index in [0.29, 0.717) is 44.1 Å². The van der Waals surface area contributed by atoms with Gasteiger partial charge in [-0.25, -0.2) is 0 Å². The number of carbonyl (C=O) groups is 2. The van der Waals surface area contributed by atoms with Gasteiger partial charge in [0.2, 0.25) is 11.8 Å². The first-order valence-corrected chi connectivity index (χ1v) is 14.1. The zero-order valence-corrected chi connectivity index (χ0v) is 23.7. The van der Waals surface area contributed by atoms with Gasteiger partial charge in [-0.1, -0.05) is 42.0 Å². The quantitative estimate of drug-likeness (QED) is 0.403. The molecule has 0 unspecified atom stereocenters. The lowest BCUT2D eigenvalue weighted by atomic mass is 9.87. The Bertz CT molecular complexity index is 1350. The third-order valence-electron chi connectivity index (χ3n) is 8.08. The topological polar surface area (TPSA) is 79.9 Å². The van der Waals surface area contributed by atoms with Crippen molar-refractivity contribution in [2.24, 2.45) is 11.8 Å². The normalized spacial score (nSPS) is 18.6. The fraction of sp³-hybridized carbons (Fsp3) is 0.394. The number of benzene rings is 3. The number of nitrogens with one attached hydrogen (secondary N) is 2. The molecular formula is C33H39N3O4. The van der Waals surface area contributed by atoms with Crippen LogP contribution in [0.15, 0.2) is 60.7 Å². The smallest absolute Gasteiger partial charge is 0.228 e. The first kappa shape index (κ1) is 27.7. The molecule has 1 aliphatic heterocycles. The molecule has 40 heavy (non-hydrogen) atoms. The molecular weight excluding hydrogens is 502 g/mol. The predicted molar refractivity (Wildman–Crippen MR) is 157 cm³/mol. The molecule has 2 amide bonds. The summed E-state index contributed by atoms with van der Waals surface area (Å²) in [5.74, 6) is 0.673. The second-order valence-corrected chi connectivity index (χ2v) is 11.0. The third kappa shape index (κ3) is 6.65. The number of ether oxygens (including phenoxy) is 2. The molecule has 0 aromatic heterocycles. The van der Waals surface area contributed by atoms with Crippen LogP contribution in [0.5, 0.6) is 11.5 Å². The van der Waals surface area contributed by atoms with E-state index in [0.717, 1.165) is 29.7 Å². The number of likely N-dealkylation sites (tertiary alicyclic amines) is 1. The van der Waals surface area contributed by atoms with E-state index in [1.54, 1.807) is 14.2 Å². The number of hydrogen-bond acceptors (Lipinski definition) is 5. The molecule has 1 saturated heterocycles. The number of rotatable bonds is 9. The zero-order chi connectivity index (χ0) is 28.1. The van der Waals surface area contributed by atoms with Crippen molar-refractivity contribution in [2.75, 3.05) is 32.6 Å². The number of carbonyl (C=O) groups excluding carboxylic acids is 2. The van der Waals surface area contributed by atoms with Gasteiger partial charge in [0.15, 0.2) is 11.5 Å². The SMILES string of the molecule is COc1ccc(CN2C[C@@H](C(=O)NCc3ccc(C)cc3)C[C@@H](C(=O)Nc3ccc4c(c3)CCC4)C2)cc1OC. The molecule has 2 N–H and O–H groups in total. The summed E-state index contributed by atoms with van der Waals surface area (Å²) in [6.07, 6.45) is 3.85. The maximum atomic E-state index is 13.5. The van der Waals surface area contributed by atoms with Gasteiger partial charge in [-0.15, -0.1) is 0 Å². The van der Waals surface area contributed by atoms with E-state index in [-0.39, 0.29) is 23.7 Å². The molecule has 2 aliphatic rings. The number of piperidine rings is 1. The van der Waals surface area contributed by atoms with Crippen molar-refractivity contribution >= 4 is 17.5 Å². The van der Waals surface area contributed by atoms with Gasteiger partial charge >= 0.3 is 0 Å². The number of aryl methyl sites for hydroxylation is 3. The van der Waals surface area contributed by atoms with Crippen LogP contribution in [0.4, 0.5) is 5.69 Å². The van der Waals surface area contributed by atoms with Gasteiger partial charge < -0.3 is 20.1 Å². The number of amides is 2. The molecule has 3 aromatic rings. The van der Waals surface area contributed by atoms with Gasteiger partial charge in [0.1, 0.15) is 0 Å². The Morgan fingerprint density at radius 2 is 1.52 bits per heavy atom. The molecule has 0 spiro atoms. The molecule has 1 heterocycles. The van der Waals surface area contributed by atoms with E-state index in [1.165, 1.54) is 23.1 Å². The van der Waals surface area contributed by atoms with Crippen LogP contribution in [-0.2, 0) is 35.5 Å². The van der Waals surface area contributed by atoms with Gasteiger partial charge in [-0.05, 0) is 79.1 Å². The first-order valence-electron chi connectivity index (χ1n) is 14.1. The molecule has 5 rings (SSSR count). The van der Waals surface area contributed by atoms with Gasteiger partial charge in [0.25, 0.3) is 0 Å². The Labute approximate surface area is 236 Å². The highest BCUT2D eigenvalue weighted by atomic mass is 16.5. The Morgan fingerprint density at radius 1 is 0.825 bits per heavy atom. The van der Waals surface area contributed by atoms with Gasteiger partial charge in [-0.3, -0.25) is 14.5 Å². The largest absolute Gasteiger partial charge is 0.493 e. The molecule has 7 nitrogen and oxygen atoms in total. The van der Waals surface area contributed by atoms with Crippen molar-refractivity contribution in [3.05, 3.63) is 88.5 Å². The average molecular weight is 542 g/mol. The van der Waals surface area contributed by atoms with Crippen LogP contribution >= 0.6 is 0 Å². The number of anilines is 1. The van der Waals surface area contributed by atoms with Crippen molar-refractivity contribution in [1.82, 2.24) is 10.2 Å². The summed E-state index contributed by atoms with van der Waals surface area (Å²) in [5.41, 5.74) is 6.82. The lowest BCUT2D eigenvalue weighted by molar-refractivity contribution is -0.130. The molecule has 210 valence electrons. The van der Waals surface area contributed by atoms with Crippen molar-refractivity contribution in [2.45, 2.75) is 45.7 Å². The minimum atomic E-state index is -0.308. The fourth-order valence-corrected chi connectivity index (χ4v) is 5.87. The summed E-state index contributed by atoms with van der Waals surface area (Å²) >= 11 is 0. The van der Waals surface area contributed by atoms with Gasteiger partial charge in [0, 0.05) is 31.9 Å². The molecule has 1 aliphatic carbocycles. The van der Waals surface area contributed by atoms with Crippen LogP contribution in [0, 0.1) is 18.8 Å². The summed E-state index contributed by atoms with van der Waals surface area (Å²) in [7, 11) is 3.24. The van der Waals surface area contributed by atoms with Crippen LogP contribution < -0.4 is 20.1 Å². The molecule has 2 atom stereocenters. The standard InChI is InChI=1S/C33H39N3O4/c1-22-7-9-23(10-8-22)18-34-32(37)27-16-28(33(38)35-29-13-12-25-5-4-6-26(25)17-29)21-36(20-27)19-24-11-14-30(39-2)31(15-24)40-3/h7-15,17,27-28H,4-6,16,18-21H2,1-3H3,(H,34,37)(H,35,38)/t27-,28+/m0/s1. The molecule has 0 saturated carbocycles. The highest BCUT2D eigenvalue weighted by molar-refractivity contribution is 5.93. The second kappa shape index (κ2) is 12.6. The lowest BCUT2D eigenvalue weighted by Crippen LogP contribution is -2.48. The number of fused-ring (bicyclic) bond motifs is 1. The van der Waals surface area contributed by atoms with Crippen molar-refractivity contribution in [3.63, 3.8) is 0 Å². The number of hydrogen-bond donors (Lipinski definition) is 2. The highest BCUT2D eigenvalue weighted by Gasteiger charge is 2.35. The van der Waals surface area contributed by atoms with E-state index in [9.17, 15) is 9.59 Å². The van der Waals surface area contributed by atoms with Gasteiger partial charge in [0.05, 0.1) is 26.1 Å². The maximum Gasteiger partial charge on any atom is 0.228 e. The van der Waals surface area contributed by atoms with Crippen LogP contribution in [0.25, 0.3) is 0 Å². The van der Waals surface area contributed by atoms with E-state index in [2.05, 4.69) is 27.7 Å². The number of methoxy groups -OCH3 is 2. The molecule has 0 radical (unpaired) electrons. The van der Waals surface area contributed by atoms with Crippen molar-refractivity contribution < 1.29 is 19.1 Å². The van der Waals surface area contributed by atoms with Crippen LogP contribution in [0.3, 0.4) is 0 Å². The summed E-state index contributed by atoms with van der Waals surface area (Å²) in [5, 5.41) is 6.26. The molecule has 0 bridgehead atoms. The van der Waals surface area contributed by atoms with Crippen molar-refractivity contribution in [3.8, 4) is 11.5 Å². The van der Waals surface area contributed by atoms with E-state index < -0.39 is 0 Å². The van der Waals surface area contributed by atoms with Crippen molar-refractivity contribution in [1.29, 1.82) is 0 Å². The van der Waals surface area contributed by atoms with E-state index in [4.69, 9.17) is 9.47 Å². The van der Waals surface area contributed by atoms with Crippen LogP contribution in [0.2, 0.25) is 0 Å². The first-order chi connectivity index (χ1) is 19.4. The third-order valence-corrected chi connectivity index (χ3v) is 8.08. The van der Waals surface area contributed by atoms with Crippen LogP contribution in [-0.4, -0.2) is 44.0 Å². The summed E-state index contributed by atoms with van der Waals surface area (Å²) < 4.78 is 10.9. The van der Waals surface area contributed by atoms with E-state index >= 15 is 0 Å². The molecule has 3 aromatic carbocycles.